The second-order valence-electron chi connectivity index (χ2n) is 8.16. The van der Waals surface area contributed by atoms with Gasteiger partial charge in [-0.25, -0.2) is 9.37 Å². The number of nitrogens with zero attached hydrogens (tertiary/aromatic N) is 3. The summed E-state index contributed by atoms with van der Waals surface area (Å²) in [6, 6.07) is 7.13. The number of benzene rings is 2. The zero-order chi connectivity index (χ0) is 23.8. The summed E-state index contributed by atoms with van der Waals surface area (Å²) < 4.78 is 37.4. The largest absolute Gasteiger partial charge is 0.505 e. The van der Waals surface area contributed by atoms with Gasteiger partial charge in [0.25, 0.3) is 0 Å². The van der Waals surface area contributed by atoms with E-state index in [1.54, 1.807) is 18.2 Å². The van der Waals surface area contributed by atoms with Gasteiger partial charge in [-0.05, 0) is 60.6 Å². The number of hydrogen-bond acceptors (Lipinski definition) is 4. The van der Waals surface area contributed by atoms with E-state index < -0.39 is 18.4 Å². The summed E-state index contributed by atoms with van der Waals surface area (Å²) in [5, 5.41) is 17.8. The molecule has 3 heterocycles. The van der Waals surface area contributed by atoms with Crippen LogP contribution in [0.15, 0.2) is 30.3 Å². The quantitative estimate of drug-likeness (QED) is 0.466. The van der Waals surface area contributed by atoms with Crippen LogP contribution in [0.5, 0.6) is 5.75 Å². The molecule has 0 saturated heterocycles. The Balaban J connectivity index is 1.34. The van der Waals surface area contributed by atoms with E-state index in [9.17, 15) is 14.3 Å². The van der Waals surface area contributed by atoms with Crippen LogP contribution in [-0.2, 0) is 17.9 Å². The van der Waals surface area contributed by atoms with Crippen LogP contribution in [0.3, 0.4) is 0 Å². The number of phenols is 1. The van der Waals surface area contributed by atoms with Gasteiger partial charge in [0.15, 0.2) is 17.4 Å². The van der Waals surface area contributed by atoms with E-state index in [-0.39, 0.29) is 23.0 Å². The zero-order valence-electron chi connectivity index (χ0n) is 19.4. The Morgan fingerprint density at radius 3 is 2.94 bits per heavy atom. The van der Waals surface area contributed by atoms with Crippen LogP contribution in [0, 0.1) is 18.6 Å². The molecule has 6 rings (SSSR count). The van der Waals surface area contributed by atoms with Crippen molar-refractivity contribution in [2.24, 2.45) is 5.92 Å². The summed E-state index contributed by atoms with van der Waals surface area (Å²) in [7, 11) is 0. The fourth-order valence-electron chi connectivity index (χ4n) is 4.16. The molecule has 0 spiro atoms. The van der Waals surface area contributed by atoms with Gasteiger partial charge in [-0.15, -0.1) is 0 Å². The number of aryl methyl sites for hydroxylation is 1. The highest BCUT2D eigenvalue weighted by Gasteiger charge is 2.37. The number of aromatic amines is 2. The SMILES string of the molecule is [2H]C([2H])([2H])c1cc(O)c(F)cc1-c1ccc2c(-c3nc4c([nH]3)CN(C(=O)C3CC3)C4)n[nH]c2c1. The number of halogens is 1. The van der Waals surface area contributed by atoms with Crippen molar-refractivity contribution < 1.29 is 18.4 Å². The van der Waals surface area contributed by atoms with Crippen LogP contribution < -0.4 is 0 Å². The molecule has 7 nitrogen and oxygen atoms in total. The molecule has 8 heteroatoms. The van der Waals surface area contributed by atoms with Crippen molar-refractivity contribution in [3.63, 3.8) is 0 Å². The summed E-state index contributed by atoms with van der Waals surface area (Å²) >= 11 is 0. The van der Waals surface area contributed by atoms with Gasteiger partial charge >= 0.3 is 0 Å². The van der Waals surface area contributed by atoms with Gasteiger partial charge in [-0.2, -0.15) is 5.10 Å². The Morgan fingerprint density at radius 1 is 1.29 bits per heavy atom. The molecule has 1 amide bonds. The highest BCUT2D eigenvalue weighted by molar-refractivity contribution is 5.94. The summed E-state index contributed by atoms with van der Waals surface area (Å²) in [5.74, 6) is -0.661. The third kappa shape index (κ3) is 2.90. The molecular weight excluding hydrogens is 397 g/mol. The average molecular weight is 420 g/mol. The van der Waals surface area contributed by atoms with Crippen LogP contribution in [0.25, 0.3) is 33.5 Å². The molecule has 1 saturated carbocycles. The van der Waals surface area contributed by atoms with Crippen molar-refractivity contribution in [2.45, 2.75) is 32.8 Å². The first-order chi connectivity index (χ1) is 16.2. The fraction of sp³-hybridized carbons (Fsp3) is 0.261. The number of imidazole rings is 1. The molecule has 156 valence electrons. The normalized spacial score (nSPS) is 17.5. The minimum Gasteiger partial charge on any atom is -0.505 e. The molecule has 0 radical (unpaired) electrons. The molecule has 1 aliphatic heterocycles. The summed E-state index contributed by atoms with van der Waals surface area (Å²) in [5.41, 5.74) is 3.47. The van der Waals surface area contributed by atoms with Crippen LogP contribution in [-0.4, -0.2) is 36.1 Å². The first kappa shape index (κ1) is 15.2. The van der Waals surface area contributed by atoms with E-state index >= 15 is 0 Å². The molecule has 0 bridgehead atoms. The van der Waals surface area contributed by atoms with Crippen molar-refractivity contribution in [3.8, 4) is 28.4 Å². The Hall–Kier alpha value is -3.68. The number of carbonyl (C=O) groups is 1. The van der Waals surface area contributed by atoms with Crippen molar-refractivity contribution in [3.05, 3.63) is 53.1 Å². The predicted molar refractivity (Wildman–Crippen MR) is 112 cm³/mol. The minimum atomic E-state index is -2.53. The van der Waals surface area contributed by atoms with Gasteiger partial charge < -0.3 is 15.0 Å². The molecule has 1 fully saturated rings. The zero-order valence-corrected chi connectivity index (χ0v) is 16.4. The minimum absolute atomic E-state index is 0.141. The number of carbonyl (C=O) groups excluding carboxylic acids is 1. The van der Waals surface area contributed by atoms with Gasteiger partial charge in [-0.3, -0.25) is 9.89 Å². The molecule has 31 heavy (non-hydrogen) atoms. The molecule has 3 N–H and O–H groups in total. The van der Waals surface area contributed by atoms with E-state index in [0.29, 0.717) is 35.7 Å². The number of H-pyrrole nitrogens is 2. The van der Waals surface area contributed by atoms with Crippen LogP contribution in [0.4, 0.5) is 4.39 Å². The molecule has 2 aliphatic rings. The summed E-state index contributed by atoms with van der Waals surface area (Å²) in [6.45, 7) is -1.54. The van der Waals surface area contributed by atoms with Crippen molar-refractivity contribution in [1.82, 2.24) is 25.1 Å². The smallest absolute Gasteiger partial charge is 0.226 e. The lowest BCUT2D eigenvalue weighted by atomic mass is 9.98. The van der Waals surface area contributed by atoms with Crippen molar-refractivity contribution in [1.29, 1.82) is 0 Å². The maximum absolute atomic E-state index is 14.1. The topological polar surface area (TPSA) is 97.9 Å². The number of hydrogen-bond donors (Lipinski definition) is 3. The Bertz CT molecular complexity index is 1450. The number of nitrogens with one attached hydrogen (secondary N) is 2. The van der Waals surface area contributed by atoms with Gasteiger partial charge in [0.05, 0.1) is 30.0 Å². The van der Waals surface area contributed by atoms with Crippen molar-refractivity contribution in [2.75, 3.05) is 0 Å². The molecule has 2 aromatic heterocycles. The fourth-order valence-corrected chi connectivity index (χ4v) is 4.16. The number of fused-ring (bicyclic) bond motifs is 2. The Kier molecular flexibility index (Phi) is 3.14. The first-order valence-electron chi connectivity index (χ1n) is 11.6. The van der Waals surface area contributed by atoms with E-state index in [1.165, 1.54) is 0 Å². The molecule has 0 unspecified atom stereocenters. The first-order valence-corrected chi connectivity index (χ1v) is 10.1. The number of aromatic hydroxyl groups is 1. The van der Waals surface area contributed by atoms with Gasteiger partial charge in [0.2, 0.25) is 5.91 Å². The average Bonchev–Trinajstić information content (AvgIpc) is 3.25. The maximum atomic E-state index is 14.1. The second-order valence-corrected chi connectivity index (χ2v) is 8.16. The highest BCUT2D eigenvalue weighted by atomic mass is 19.1. The number of aromatic nitrogens is 4. The third-order valence-electron chi connectivity index (χ3n) is 5.98. The molecular formula is C23H20FN5O2. The molecule has 0 atom stereocenters. The van der Waals surface area contributed by atoms with Gasteiger partial charge in [0, 0.05) is 15.4 Å². The highest BCUT2D eigenvalue weighted by Crippen LogP contribution is 2.36. The molecule has 4 aromatic rings. The third-order valence-corrected chi connectivity index (χ3v) is 5.98. The second kappa shape index (κ2) is 6.41. The number of rotatable bonds is 3. The Labute approximate surface area is 181 Å². The van der Waals surface area contributed by atoms with Crippen LogP contribution in [0.2, 0.25) is 0 Å². The monoisotopic (exact) mass is 420 g/mol. The summed E-state index contributed by atoms with van der Waals surface area (Å²) in [4.78, 5) is 22.1. The lowest BCUT2D eigenvalue weighted by Gasteiger charge is -2.14. The van der Waals surface area contributed by atoms with Crippen molar-refractivity contribution >= 4 is 16.8 Å². The number of amides is 1. The van der Waals surface area contributed by atoms with E-state index in [2.05, 4.69) is 20.2 Å². The van der Waals surface area contributed by atoms with Crippen LogP contribution in [0.1, 0.15) is 33.9 Å². The number of phenolic OH excluding ortho intramolecular Hbond substituents is 1. The lowest BCUT2D eigenvalue weighted by molar-refractivity contribution is -0.133. The van der Waals surface area contributed by atoms with E-state index in [1.807, 2.05) is 4.90 Å². The predicted octanol–water partition coefficient (Wildman–Crippen LogP) is 4.03. The van der Waals surface area contributed by atoms with E-state index in [0.717, 1.165) is 41.7 Å². The standard InChI is InChI=1S/C23H20FN5O2/c1-11-6-20(30)16(24)8-15(11)13-4-5-14-17(7-13)27-28-21(14)22-25-18-9-29(10-19(18)26-22)23(31)12-2-3-12/h4-8,12,30H,2-3,9-10H2,1H3,(H,25,26)(H,27,28)/i1D3. The molecule has 2 aromatic carbocycles. The van der Waals surface area contributed by atoms with Gasteiger partial charge in [0.1, 0.15) is 5.69 Å². The Morgan fingerprint density at radius 2 is 2.16 bits per heavy atom. The molecule has 1 aliphatic carbocycles. The lowest BCUT2D eigenvalue weighted by Crippen LogP contribution is -2.27. The van der Waals surface area contributed by atoms with E-state index in [4.69, 9.17) is 4.11 Å². The summed E-state index contributed by atoms with van der Waals surface area (Å²) in [6.07, 6.45) is 1.93. The van der Waals surface area contributed by atoms with Gasteiger partial charge in [-0.1, -0.05) is 6.07 Å². The van der Waals surface area contributed by atoms with Crippen LogP contribution >= 0.6 is 0 Å². The maximum Gasteiger partial charge on any atom is 0.226 e.